The van der Waals surface area contributed by atoms with E-state index in [2.05, 4.69) is 25.9 Å². The Kier molecular flexibility index (Phi) is 4.50. The van der Waals surface area contributed by atoms with Crippen LogP contribution in [0.2, 0.25) is 0 Å². The van der Waals surface area contributed by atoms with Gasteiger partial charge in [0.05, 0.1) is 11.8 Å². The molecule has 1 aromatic heterocycles. The first-order valence-electron chi connectivity index (χ1n) is 6.33. The summed E-state index contributed by atoms with van der Waals surface area (Å²) in [5.41, 5.74) is 7.20. The molecule has 8 heteroatoms. The predicted molar refractivity (Wildman–Crippen MR) is 78.5 cm³/mol. The molecule has 21 heavy (non-hydrogen) atoms. The number of amides is 1. The van der Waals surface area contributed by atoms with E-state index in [0.717, 1.165) is 5.56 Å². The van der Waals surface area contributed by atoms with Crippen molar-refractivity contribution in [3.63, 3.8) is 0 Å². The van der Waals surface area contributed by atoms with Crippen molar-refractivity contribution in [1.82, 2.24) is 20.6 Å². The largest absolute Gasteiger partial charge is 0.489 e. The van der Waals surface area contributed by atoms with Gasteiger partial charge in [-0.3, -0.25) is 10.1 Å². The number of nitrogens with one attached hydrogen (secondary N) is 2. The van der Waals surface area contributed by atoms with E-state index < -0.39 is 0 Å². The molecule has 4 N–H and O–H groups in total. The second kappa shape index (κ2) is 6.51. The van der Waals surface area contributed by atoms with Crippen LogP contribution in [0.25, 0.3) is 6.08 Å². The maximum absolute atomic E-state index is 11.6. The number of aromatic amines is 1. The lowest BCUT2D eigenvalue weighted by Crippen LogP contribution is -2.09. The fourth-order valence-electron chi connectivity index (χ4n) is 1.57. The number of H-pyrrole nitrogens is 1. The third-order valence-corrected chi connectivity index (χ3v) is 2.40. The molecule has 0 unspecified atom stereocenters. The van der Waals surface area contributed by atoms with E-state index in [9.17, 15) is 4.79 Å². The molecular weight excluding hydrogens is 272 g/mol. The minimum Gasteiger partial charge on any atom is -0.489 e. The van der Waals surface area contributed by atoms with Crippen molar-refractivity contribution in [3.05, 3.63) is 29.8 Å². The minimum absolute atomic E-state index is 0.0504. The first-order chi connectivity index (χ1) is 10.0. The van der Waals surface area contributed by atoms with Crippen molar-refractivity contribution in [1.29, 1.82) is 0 Å². The molecule has 2 rings (SSSR count). The number of nitrogen functional groups attached to an aromatic ring is 1. The Balaban J connectivity index is 2.00. The van der Waals surface area contributed by atoms with Gasteiger partial charge < -0.3 is 10.5 Å². The van der Waals surface area contributed by atoms with Gasteiger partial charge in [0.1, 0.15) is 5.75 Å². The van der Waals surface area contributed by atoms with Gasteiger partial charge in [-0.05, 0) is 42.8 Å². The Morgan fingerprint density at radius 2 is 2.29 bits per heavy atom. The molecule has 0 aliphatic heterocycles. The van der Waals surface area contributed by atoms with Crippen LogP contribution < -0.4 is 15.8 Å². The summed E-state index contributed by atoms with van der Waals surface area (Å²) in [6, 6.07) is 5.31. The number of carbonyl (C=O) groups is 1. The van der Waals surface area contributed by atoms with Crippen LogP contribution >= 0.6 is 0 Å². The van der Waals surface area contributed by atoms with Crippen LogP contribution in [-0.2, 0) is 4.79 Å². The van der Waals surface area contributed by atoms with Crippen molar-refractivity contribution in [2.24, 2.45) is 0 Å². The van der Waals surface area contributed by atoms with E-state index in [4.69, 9.17) is 10.5 Å². The van der Waals surface area contributed by atoms with Gasteiger partial charge in [0.2, 0.25) is 0 Å². The number of nitrogens with zero attached hydrogens (tertiary/aromatic N) is 3. The molecule has 1 amide bonds. The number of carbonyl (C=O) groups excluding carboxylic acids is 1. The zero-order chi connectivity index (χ0) is 15.2. The zero-order valence-electron chi connectivity index (χ0n) is 11.7. The van der Waals surface area contributed by atoms with Crippen LogP contribution in [0.5, 0.6) is 5.75 Å². The Morgan fingerprint density at radius 1 is 1.48 bits per heavy atom. The van der Waals surface area contributed by atoms with Gasteiger partial charge in [0.25, 0.3) is 11.9 Å². The molecule has 0 spiro atoms. The summed E-state index contributed by atoms with van der Waals surface area (Å²) >= 11 is 0. The van der Waals surface area contributed by atoms with Crippen molar-refractivity contribution >= 4 is 23.6 Å². The maximum Gasteiger partial charge on any atom is 0.270 e. The lowest BCUT2D eigenvalue weighted by atomic mass is 10.1. The molecular formula is C13H16N6O2. The van der Waals surface area contributed by atoms with Gasteiger partial charge in [0, 0.05) is 6.08 Å². The minimum atomic E-state index is -0.363. The molecule has 0 fully saturated rings. The molecule has 8 nitrogen and oxygen atoms in total. The fraction of sp³-hybridized carbons (Fsp3) is 0.231. The summed E-state index contributed by atoms with van der Waals surface area (Å²) in [5.74, 6) is 0.376. The number of benzene rings is 1. The molecule has 0 atom stereocenters. The normalized spacial score (nSPS) is 11.0. The van der Waals surface area contributed by atoms with Crippen molar-refractivity contribution in [3.8, 4) is 5.75 Å². The van der Waals surface area contributed by atoms with E-state index in [-0.39, 0.29) is 18.0 Å². The molecule has 0 saturated carbocycles. The summed E-state index contributed by atoms with van der Waals surface area (Å²) < 4.78 is 5.54. The molecule has 1 aromatic carbocycles. The Hall–Kier alpha value is -2.90. The molecule has 0 radical (unpaired) electrons. The highest BCUT2D eigenvalue weighted by molar-refractivity contribution is 6.00. The maximum atomic E-state index is 11.6. The standard InChI is InChI=1S/C13H16N6O2/c1-8(2)21-11-5-3-9(7-10(11)14)4-6-12(20)15-13-16-18-19-17-13/h3-8H,14H2,1-2H3,(H2,15,16,17,18,19,20)/b6-4-. The summed E-state index contributed by atoms with van der Waals surface area (Å²) in [5, 5.41) is 15.2. The molecule has 0 aliphatic carbocycles. The van der Waals surface area contributed by atoms with Crippen LogP contribution in [0.3, 0.4) is 0 Å². The summed E-state index contributed by atoms with van der Waals surface area (Å²) in [7, 11) is 0. The van der Waals surface area contributed by atoms with E-state index in [1.807, 2.05) is 19.9 Å². The number of hydrogen-bond acceptors (Lipinski definition) is 6. The summed E-state index contributed by atoms with van der Waals surface area (Å²) in [4.78, 5) is 11.6. The van der Waals surface area contributed by atoms with Crippen LogP contribution in [0, 0.1) is 0 Å². The number of tetrazole rings is 1. The smallest absolute Gasteiger partial charge is 0.270 e. The third-order valence-electron chi connectivity index (χ3n) is 2.40. The fourth-order valence-corrected chi connectivity index (χ4v) is 1.57. The number of hydrogen-bond donors (Lipinski definition) is 3. The van der Waals surface area contributed by atoms with Crippen molar-refractivity contribution in [2.45, 2.75) is 20.0 Å². The first kappa shape index (κ1) is 14.5. The zero-order valence-corrected chi connectivity index (χ0v) is 11.7. The van der Waals surface area contributed by atoms with Crippen molar-refractivity contribution in [2.75, 3.05) is 11.1 Å². The number of rotatable bonds is 5. The first-order valence-corrected chi connectivity index (χ1v) is 6.33. The van der Waals surface area contributed by atoms with Crippen LogP contribution in [0.1, 0.15) is 19.4 Å². The molecule has 0 aliphatic rings. The Bertz CT molecular complexity index is 636. The Labute approximate surface area is 121 Å². The lowest BCUT2D eigenvalue weighted by Gasteiger charge is -2.12. The lowest BCUT2D eigenvalue weighted by molar-refractivity contribution is -0.111. The van der Waals surface area contributed by atoms with E-state index >= 15 is 0 Å². The van der Waals surface area contributed by atoms with Crippen LogP contribution in [0.4, 0.5) is 11.6 Å². The van der Waals surface area contributed by atoms with E-state index in [1.54, 1.807) is 18.2 Å². The van der Waals surface area contributed by atoms with E-state index in [0.29, 0.717) is 11.4 Å². The van der Waals surface area contributed by atoms with Gasteiger partial charge in [-0.1, -0.05) is 11.2 Å². The molecule has 2 aromatic rings. The van der Waals surface area contributed by atoms with Gasteiger partial charge >= 0.3 is 0 Å². The quantitative estimate of drug-likeness (QED) is 0.562. The summed E-state index contributed by atoms with van der Waals surface area (Å²) in [6.45, 7) is 3.85. The topological polar surface area (TPSA) is 119 Å². The Morgan fingerprint density at radius 3 is 2.90 bits per heavy atom. The number of anilines is 2. The van der Waals surface area contributed by atoms with Gasteiger partial charge in [-0.15, -0.1) is 5.10 Å². The van der Waals surface area contributed by atoms with Gasteiger partial charge in [-0.2, -0.15) is 5.21 Å². The second-order valence-electron chi connectivity index (χ2n) is 4.52. The molecule has 0 saturated heterocycles. The number of ether oxygens (including phenoxy) is 1. The SMILES string of the molecule is CC(C)Oc1ccc(/C=C\C(=O)Nc2nn[nH]n2)cc1N. The predicted octanol–water partition coefficient (Wildman–Crippen LogP) is 1.22. The highest BCUT2D eigenvalue weighted by atomic mass is 16.5. The highest BCUT2D eigenvalue weighted by Crippen LogP contribution is 2.24. The average molecular weight is 288 g/mol. The summed E-state index contributed by atoms with van der Waals surface area (Å²) in [6.07, 6.45) is 3.04. The second-order valence-corrected chi connectivity index (χ2v) is 4.52. The molecule has 110 valence electrons. The number of nitrogens with two attached hydrogens (primary N) is 1. The van der Waals surface area contributed by atoms with Crippen molar-refractivity contribution < 1.29 is 9.53 Å². The molecule has 1 heterocycles. The van der Waals surface area contributed by atoms with Gasteiger partial charge in [-0.25, -0.2) is 0 Å². The average Bonchev–Trinajstić information content (AvgIpc) is 2.91. The van der Waals surface area contributed by atoms with E-state index in [1.165, 1.54) is 6.08 Å². The van der Waals surface area contributed by atoms with Crippen LogP contribution in [0.15, 0.2) is 24.3 Å². The third kappa shape index (κ3) is 4.30. The van der Waals surface area contributed by atoms with Gasteiger partial charge in [0.15, 0.2) is 0 Å². The highest BCUT2D eigenvalue weighted by Gasteiger charge is 2.04. The number of aromatic nitrogens is 4. The van der Waals surface area contributed by atoms with Crippen LogP contribution in [-0.4, -0.2) is 32.6 Å². The monoisotopic (exact) mass is 288 g/mol. The molecule has 0 bridgehead atoms.